The van der Waals surface area contributed by atoms with Crippen LogP contribution < -0.4 is 10.6 Å². The normalized spacial score (nSPS) is 26.2. The largest absolute Gasteiger partial charge is 0.465 e. The predicted octanol–water partition coefficient (Wildman–Crippen LogP) is 4.26. The number of fused-ring (bicyclic) bond motifs is 2. The van der Waals surface area contributed by atoms with Crippen LogP contribution >= 0.6 is 23.6 Å². The lowest BCUT2D eigenvalue weighted by molar-refractivity contribution is 0.0601. The number of carbonyl (C=O) groups excluding carboxylic acids is 1. The zero-order chi connectivity index (χ0) is 17.4. The van der Waals surface area contributed by atoms with Gasteiger partial charge in [0.25, 0.3) is 0 Å². The van der Waals surface area contributed by atoms with Gasteiger partial charge in [-0.1, -0.05) is 6.42 Å². The summed E-state index contributed by atoms with van der Waals surface area (Å²) in [6.45, 7) is 6.18. The summed E-state index contributed by atoms with van der Waals surface area (Å²) >= 11 is 7.05. The Bertz CT molecular complexity index is 656. The molecule has 0 aliphatic heterocycles. The van der Waals surface area contributed by atoms with Gasteiger partial charge in [-0.25, -0.2) is 4.79 Å². The van der Waals surface area contributed by atoms with Crippen LogP contribution in [0.4, 0.5) is 5.00 Å². The van der Waals surface area contributed by atoms with Gasteiger partial charge in [0.15, 0.2) is 5.11 Å². The Morgan fingerprint density at radius 3 is 2.67 bits per heavy atom. The van der Waals surface area contributed by atoms with E-state index in [0.717, 1.165) is 33.2 Å². The topological polar surface area (TPSA) is 50.4 Å². The average Bonchev–Trinajstić information content (AvgIpc) is 3.22. The van der Waals surface area contributed by atoms with Gasteiger partial charge in [-0.15, -0.1) is 11.3 Å². The van der Waals surface area contributed by atoms with Crippen LogP contribution in [0.5, 0.6) is 0 Å². The van der Waals surface area contributed by atoms with Crippen LogP contribution in [0.15, 0.2) is 0 Å². The number of aryl methyl sites for hydroxylation is 1. The molecule has 2 bridgehead atoms. The smallest absolute Gasteiger partial charge is 0.341 e. The summed E-state index contributed by atoms with van der Waals surface area (Å²) < 4.78 is 4.91. The minimum absolute atomic E-state index is 0.316. The van der Waals surface area contributed by atoms with Crippen molar-refractivity contribution in [3.63, 3.8) is 0 Å². The monoisotopic (exact) mass is 366 g/mol. The van der Waals surface area contributed by atoms with Gasteiger partial charge in [0.05, 0.1) is 12.7 Å². The summed E-state index contributed by atoms with van der Waals surface area (Å²) in [5, 5.41) is 8.03. The molecule has 3 rings (SSSR count). The molecule has 1 aromatic heterocycles. The van der Waals surface area contributed by atoms with E-state index in [1.165, 1.54) is 32.8 Å². The van der Waals surface area contributed by atoms with E-state index >= 15 is 0 Å². The number of thiocarbonyl (C=S) groups is 1. The molecule has 2 aliphatic rings. The van der Waals surface area contributed by atoms with Gasteiger partial charge in [0.2, 0.25) is 0 Å². The quantitative estimate of drug-likeness (QED) is 0.616. The van der Waals surface area contributed by atoms with Gasteiger partial charge in [-0.3, -0.25) is 0 Å². The zero-order valence-corrected chi connectivity index (χ0v) is 16.4. The van der Waals surface area contributed by atoms with Crippen molar-refractivity contribution < 1.29 is 9.53 Å². The first-order valence-electron chi connectivity index (χ1n) is 8.66. The van der Waals surface area contributed by atoms with Gasteiger partial charge in [-0.05, 0) is 75.6 Å². The summed E-state index contributed by atoms with van der Waals surface area (Å²) in [6.07, 6.45) is 5.50. The van der Waals surface area contributed by atoms with Gasteiger partial charge >= 0.3 is 5.97 Å². The number of hydrogen-bond acceptors (Lipinski definition) is 4. The summed E-state index contributed by atoms with van der Waals surface area (Å²) in [5.41, 5.74) is 1.55. The number of carbonyl (C=O) groups is 1. The Hall–Kier alpha value is -1.14. The number of methoxy groups -OCH3 is 1. The Morgan fingerprint density at radius 1 is 1.33 bits per heavy atom. The number of esters is 1. The molecule has 6 heteroatoms. The molecule has 132 valence electrons. The van der Waals surface area contributed by atoms with Crippen molar-refractivity contribution >= 4 is 39.6 Å². The van der Waals surface area contributed by atoms with E-state index in [0.29, 0.717) is 16.7 Å². The van der Waals surface area contributed by atoms with Crippen molar-refractivity contribution in [2.75, 3.05) is 12.4 Å². The number of thiophene rings is 1. The molecule has 24 heavy (non-hydrogen) atoms. The highest BCUT2D eigenvalue weighted by molar-refractivity contribution is 7.80. The zero-order valence-electron chi connectivity index (χ0n) is 14.8. The lowest BCUT2D eigenvalue weighted by Crippen LogP contribution is -2.42. The molecule has 0 spiro atoms. The molecule has 0 aromatic carbocycles. The fraction of sp³-hybridized carbons (Fsp3) is 0.667. The fourth-order valence-corrected chi connectivity index (χ4v) is 5.83. The molecule has 4 nitrogen and oxygen atoms in total. The van der Waals surface area contributed by atoms with Crippen LogP contribution in [0.2, 0.25) is 0 Å². The van der Waals surface area contributed by atoms with Crippen LogP contribution in [-0.4, -0.2) is 24.2 Å². The van der Waals surface area contributed by atoms with Crippen LogP contribution in [0.25, 0.3) is 0 Å². The van der Waals surface area contributed by atoms with Crippen molar-refractivity contribution in [3.05, 3.63) is 16.0 Å². The molecule has 4 atom stereocenters. The van der Waals surface area contributed by atoms with E-state index in [1.54, 1.807) is 11.3 Å². The minimum atomic E-state index is -0.316. The van der Waals surface area contributed by atoms with Crippen LogP contribution in [0.1, 0.15) is 53.4 Å². The third-order valence-corrected chi connectivity index (χ3v) is 7.14. The molecular weight excluding hydrogens is 340 g/mol. The van der Waals surface area contributed by atoms with Gasteiger partial charge in [-0.2, -0.15) is 0 Å². The standard InChI is InChI=1S/C18H26N2O2S2/c1-9-11(3)24-16(15(9)17(21)22-4)20-18(23)19-10(2)14-8-12-5-6-13(14)7-12/h10,12-14H,5-8H2,1-4H3,(H2,19,20,23). The first-order chi connectivity index (χ1) is 11.4. The summed E-state index contributed by atoms with van der Waals surface area (Å²) in [6, 6.07) is 0.365. The van der Waals surface area contributed by atoms with E-state index < -0.39 is 0 Å². The fourth-order valence-electron chi connectivity index (χ4n) is 4.42. The summed E-state index contributed by atoms with van der Waals surface area (Å²) in [7, 11) is 1.41. The van der Waals surface area contributed by atoms with Crippen molar-refractivity contribution in [3.8, 4) is 0 Å². The number of anilines is 1. The summed E-state index contributed by atoms with van der Waals surface area (Å²) in [4.78, 5) is 13.1. The van der Waals surface area contributed by atoms with Crippen LogP contribution in [0.3, 0.4) is 0 Å². The molecule has 0 radical (unpaired) electrons. The van der Waals surface area contributed by atoms with Gasteiger partial charge in [0.1, 0.15) is 5.00 Å². The third-order valence-electron chi connectivity index (χ3n) is 5.80. The lowest BCUT2D eigenvalue weighted by Gasteiger charge is -2.29. The van der Waals surface area contributed by atoms with E-state index in [9.17, 15) is 4.79 Å². The number of nitrogens with one attached hydrogen (secondary N) is 2. The molecule has 2 fully saturated rings. The first kappa shape index (κ1) is 17.7. The molecule has 2 aliphatic carbocycles. The van der Waals surface area contributed by atoms with E-state index in [4.69, 9.17) is 17.0 Å². The second-order valence-electron chi connectivity index (χ2n) is 7.20. The maximum atomic E-state index is 12.0. The molecule has 1 aromatic rings. The van der Waals surface area contributed by atoms with Crippen molar-refractivity contribution in [1.82, 2.24) is 5.32 Å². The Labute approximate surface area is 153 Å². The maximum absolute atomic E-state index is 12.0. The first-order valence-corrected chi connectivity index (χ1v) is 9.89. The average molecular weight is 367 g/mol. The highest BCUT2D eigenvalue weighted by atomic mass is 32.1. The number of hydrogen-bond donors (Lipinski definition) is 2. The Kier molecular flexibility index (Phi) is 5.16. The lowest BCUT2D eigenvalue weighted by atomic mass is 9.84. The van der Waals surface area contributed by atoms with E-state index in [1.807, 2.05) is 13.8 Å². The minimum Gasteiger partial charge on any atom is -0.465 e. The molecule has 1 heterocycles. The highest BCUT2D eigenvalue weighted by Gasteiger charge is 2.41. The Balaban J connectivity index is 1.65. The SMILES string of the molecule is COC(=O)c1c(NC(=S)NC(C)C2CC3CCC2C3)sc(C)c1C. The molecular formula is C18H26N2O2S2. The molecule has 2 saturated carbocycles. The van der Waals surface area contributed by atoms with Crippen molar-refractivity contribution in [1.29, 1.82) is 0 Å². The number of rotatable bonds is 4. The summed E-state index contributed by atoms with van der Waals surface area (Å²) in [5.74, 6) is 2.19. The van der Waals surface area contributed by atoms with Gasteiger partial charge < -0.3 is 15.4 Å². The van der Waals surface area contributed by atoms with Crippen molar-refractivity contribution in [2.24, 2.45) is 17.8 Å². The van der Waals surface area contributed by atoms with Crippen LogP contribution in [0, 0.1) is 31.6 Å². The van der Waals surface area contributed by atoms with E-state index in [2.05, 4.69) is 17.6 Å². The van der Waals surface area contributed by atoms with Crippen LogP contribution in [-0.2, 0) is 4.74 Å². The second-order valence-corrected chi connectivity index (χ2v) is 8.84. The predicted molar refractivity (Wildman–Crippen MR) is 103 cm³/mol. The van der Waals surface area contributed by atoms with Crippen molar-refractivity contribution in [2.45, 2.75) is 52.5 Å². The van der Waals surface area contributed by atoms with Gasteiger partial charge in [0, 0.05) is 10.9 Å². The third kappa shape index (κ3) is 3.31. The highest BCUT2D eigenvalue weighted by Crippen LogP contribution is 2.49. The molecule has 0 amide bonds. The molecule has 4 unspecified atom stereocenters. The second kappa shape index (κ2) is 7.00. The Morgan fingerprint density at radius 2 is 2.08 bits per heavy atom. The number of ether oxygens (including phenoxy) is 1. The van der Waals surface area contributed by atoms with E-state index in [-0.39, 0.29) is 5.97 Å². The molecule has 0 saturated heterocycles. The maximum Gasteiger partial charge on any atom is 0.341 e. The molecule has 2 N–H and O–H groups in total.